The predicted molar refractivity (Wildman–Crippen MR) is 48.1 cm³/mol. The molecule has 82 valence electrons. The van der Waals surface area contributed by atoms with Gasteiger partial charge in [-0.25, -0.2) is 13.6 Å². The summed E-state index contributed by atoms with van der Waals surface area (Å²) in [6, 6.07) is 3.56. The van der Waals surface area contributed by atoms with Crippen LogP contribution in [0.3, 0.4) is 0 Å². The average Bonchev–Trinajstić information content (AvgIpc) is 2.23. The van der Waals surface area contributed by atoms with Crippen molar-refractivity contribution in [1.82, 2.24) is 0 Å². The molecule has 1 atom stereocenters. The molecular formula is C10H10F2O3. The Balaban J connectivity index is 2.81. The Bertz CT molecular complexity index is 366. The van der Waals surface area contributed by atoms with Crippen LogP contribution in [0.25, 0.3) is 0 Å². The molecular weight excluding hydrogens is 206 g/mol. The summed E-state index contributed by atoms with van der Waals surface area (Å²) in [7, 11) is 1.10. The van der Waals surface area contributed by atoms with Crippen LogP contribution in [0.4, 0.5) is 8.78 Å². The maximum absolute atomic E-state index is 13.1. The van der Waals surface area contributed by atoms with Gasteiger partial charge in [-0.3, -0.25) is 0 Å². The first-order valence-electron chi connectivity index (χ1n) is 4.25. The van der Waals surface area contributed by atoms with Crippen molar-refractivity contribution in [3.05, 3.63) is 35.4 Å². The third-order valence-electron chi connectivity index (χ3n) is 1.92. The van der Waals surface area contributed by atoms with E-state index in [-0.39, 0.29) is 12.0 Å². The van der Waals surface area contributed by atoms with Crippen LogP contribution in [-0.4, -0.2) is 24.3 Å². The molecule has 0 bridgehead atoms. The maximum atomic E-state index is 13.1. The zero-order chi connectivity index (χ0) is 11.4. The molecule has 0 aromatic heterocycles. The zero-order valence-electron chi connectivity index (χ0n) is 8.04. The molecule has 0 aliphatic rings. The minimum Gasteiger partial charge on any atom is -0.467 e. The summed E-state index contributed by atoms with van der Waals surface area (Å²) in [5, 5.41) is 9.22. The molecule has 3 nitrogen and oxygen atoms in total. The summed E-state index contributed by atoms with van der Waals surface area (Å²) in [4.78, 5) is 10.8. The molecule has 0 unspecified atom stereocenters. The lowest BCUT2D eigenvalue weighted by Crippen LogP contribution is -2.24. The van der Waals surface area contributed by atoms with Gasteiger partial charge in [0.15, 0.2) is 17.7 Å². The number of aliphatic hydroxyl groups excluding tert-OH is 1. The molecule has 0 saturated heterocycles. The molecule has 0 heterocycles. The van der Waals surface area contributed by atoms with Gasteiger partial charge < -0.3 is 9.84 Å². The third-order valence-corrected chi connectivity index (χ3v) is 1.92. The van der Waals surface area contributed by atoms with Crippen LogP contribution in [-0.2, 0) is 16.0 Å². The number of esters is 1. The topological polar surface area (TPSA) is 46.5 Å². The Hall–Kier alpha value is -1.49. The Labute approximate surface area is 85.3 Å². The van der Waals surface area contributed by atoms with E-state index < -0.39 is 23.7 Å². The highest BCUT2D eigenvalue weighted by Crippen LogP contribution is 2.13. The standard InChI is InChI=1S/C10H10F2O3/c1-15-10(14)8(13)5-6-3-2-4-7(11)9(6)12/h2-4,8,13H,5H2,1H3/t8-/m1/s1. The van der Waals surface area contributed by atoms with Crippen LogP contribution in [0, 0.1) is 11.6 Å². The fourth-order valence-electron chi connectivity index (χ4n) is 1.13. The number of methoxy groups -OCH3 is 1. The summed E-state index contributed by atoms with van der Waals surface area (Å²) in [6.45, 7) is 0. The molecule has 15 heavy (non-hydrogen) atoms. The first-order chi connectivity index (χ1) is 7.06. The predicted octanol–water partition coefficient (Wildman–Crippen LogP) is 1.04. The molecule has 1 N–H and O–H groups in total. The molecule has 0 amide bonds. The smallest absolute Gasteiger partial charge is 0.335 e. The summed E-state index contributed by atoms with van der Waals surface area (Å²) < 4.78 is 30.1. The van der Waals surface area contributed by atoms with Crippen molar-refractivity contribution in [3.8, 4) is 0 Å². The number of ether oxygens (including phenoxy) is 1. The summed E-state index contributed by atoms with van der Waals surface area (Å²) in [6.07, 6.45) is -1.79. The van der Waals surface area contributed by atoms with Crippen molar-refractivity contribution in [2.75, 3.05) is 7.11 Å². The Morgan fingerprint density at radius 1 is 1.53 bits per heavy atom. The maximum Gasteiger partial charge on any atom is 0.335 e. The van der Waals surface area contributed by atoms with Gasteiger partial charge in [0.2, 0.25) is 0 Å². The molecule has 0 radical (unpaired) electrons. The lowest BCUT2D eigenvalue weighted by Gasteiger charge is -2.08. The molecule has 5 heteroatoms. The minimum absolute atomic E-state index is 0.0621. The van der Waals surface area contributed by atoms with Crippen LogP contribution >= 0.6 is 0 Å². The Morgan fingerprint density at radius 2 is 2.20 bits per heavy atom. The first kappa shape index (κ1) is 11.6. The number of benzene rings is 1. The summed E-state index contributed by atoms with van der Waals surface area (Å²) in [5.41, 5.74) is -0.0621. The van der Waals surface area contributed by atoms with Gasteiger partial charge >= 0.3 is 5.97 Å². The van der Waals surface area contributed by atoms with Crippen molar-refractivity contribution < 1.29 is 23.4 Å². The van der Waals surface area contributed by atoms with Gasteiger partial charge in [-0.2, -0.15) is 0 Å². The molecule has 0 aliphatic carbocycles. The van der Waals surface area contributed by atoms with Crippen molar-refractivity contribution >= 4 is 5.97 Å². The quantitative estimate of drug-likeness (QED) is 0.768. The molecule has 1 rings (SSSR count). The second kappa shape index (κ2) is 4.84. The lowest BCUT2D eigenvalue weighted by atomic mass is 10.1. The van der Waals surface area contributed by atoms with Gasteiger partial charge in [-0.15, -0.1) is 0 Å². The number of halogens is 2. The molecule has 0 spiro atoms. The Morgan fingerprint density at radius 3 is 2.80 bits per heavy atom. The van der Waals surface area contributed by atoms with Gasteiger partial charge in [-0.05, 0) is 11.6 Å². The van der Waals surface area contributed by atoms with E-state index in [1.165, 1.54) is 12.1 Å². The molecule has 0 fully saturated rings. The highest BCUT2D eigenvalue weighted by atomic mass is 19.2. The fraction of sp³-hybridized carbons (Fsp3) is 0.300. The first-order valence-corrected chi connectivity index (χ1v) is 4.25. The molecule has 0 saturated carbocycles. The van der Waals surface area contributed by atoms with Crippen LogP contribution in [0.5, 0.6) is 0 Å². The zero-order valence-corrected chi connectivity index (χ0v) is 8.04. The third kappa shape index (κ3) is 2.73. The molecule has 1 aromatic rings. The fourth-order valence-corrected chi connectivity index (χ4v) is 1.13. The van der Waals surface area contributed by atoms with Crippen molar-refractivity contribution in [3.63, 3.8) is 0 Å². The highest BCUT2D eigenvalue weighted by Gasteiger charge is 2.18. The van der Waals surface area contributed by atoms with E-state index in [1.807, 2.05) is 0 Å². The van der Waals surface area contributed by atoms with Crippen molar-refractivity contribution in [2.24, 2.45) is 0 Å². The van der Waals surface area contributed by atoms with E-state index in [9.17, 15) is 18.7 Å². The summed E-state index contributed by atoms with van der Waals surface area (Å²) in [5.74, 6) is -2.94. The number of carbonyl (C=O) groups excluding carboxylic acids is 1. The van der Waals surface area contributed by atoms with E-state index in [1.54, 1.807) is 0 Å². The van der Waals surface area contributed by atoms with Crippen molar-refractivity contribution in [2.45, 2.75) is 12.5 Å². The van der Waals surface area contributed by atoms with Crippen molar-refractivity contribution in [1.29, 1.82) is 0 Å². The highest BCUT2D eigenvalue weighted by molar-refractivity contribution is 5.74. The van der Waals surface area contributed by atoms with E-state index in [4.69, 9.17) is 0 Å². The minimum atomic E-state index is -1.48. The second-order valence-corrected chi connectivity index (χ2v) is 2.96. The van der Waals surface area contributed by atoms with Gasteiger partial charge in [0.1, 0.15) is 0 Å². The van der Waals surface area contributed by atoms with Crippen LogP contribution in [0.15, 0.2) is 18.2 Å². The number of aliphatic hydroxyl groups is 1. The van der Waals surface area contributed by atoms with Crippen LogP contribution in [0.2, 0.25) is 0 Å². The van der Waals surface area contributed by atoms with Gasteiger partial charge in [0, 0.05) is 6.42 Å². The van der Waals surface area contributed by atoms with Crippen LogP contribution in [0.1, 0.15) is 5.56 Å². The number of rotatable bonds is 3. The number of hydrogen-bond donors (Lipinski definition) is 1. The normalized spacial score (nSPS) is 12.3. The van der Waals surface area contributed by atoms with E-state index in [0.717, 1.165) is 13.2 Å². The van der Waals surface area contributed by atoms with E-state index >= 15 is 0 Å². The SMILES string of the molecule is COC(=O)[C@H](O)Cc1cccc(F)c1F. The Kier molecular flexibility index (Phi) is 3.74. The lowest BCUT2D eigenvalue weighted by molar-refractivity contribution is -0.150. The second-order valence-electron chi connectivity index (χ2n) is 2.96. The summed E-state index contributed by atoms with van der Waals surface area (Å²) >= 11 is 0. The average molecular weight is 216 g/mol. The number of hydrogen-bond acceptors (Lipinski definition) is 3. The monoisotopic (exact) mass is 216 g/mol. The molecule has 1 aromatic carbocycles. The van der Waals surface area contributed by atoms with Gasteiger partial charge in [0.25, 0.3) is 0 Å². The van der Waals surface area contributed by atoms with E-state index in [0.29, 0.717) is 0 Å². The van der Waals surface area contributed by atoms with E-state index in [2.05, 4.69) is 4.74 Å². The largest absolute Gasteiger partial charge is 0.467 e. The van der Waals surface area contributed by atoms with Crippen LogP contribution < -0.4 is 0 Å². The van der Waals surface area contributed by atoms with Gasteiger partial charge in [0.05, 0.1) is 7.11 Å². The number of carbonyl (C=O) groups is 1. The van der Waals surface area contributed by atoms with Gasteiger partial charge in [-0.1, -0.05) is 12.1 Å². The molecule has 0 aliphatic heterocycles.